The first kappa shape index (κ1) is 17.9. The van der Waals surface area contributed by atoms with Gasteiger partial charge in [-0.25, -0.2) is 0 Å². The van der Waals surface area contributed by atoms with Gasteiger partial charge in [-0.05, 0) is 43.5 Å². The lowest BCUT2D eigenvalue weighted by Crippen LogP contribution is -2.42. The Bertz CT molecular complexity index is 665. The number of hydrogen-bond acceptors (Lipinski definition) is 5. The Kier molecular flexibility index (Phi) is 5.73. The van der Waals surface area contributed by atoms with Gasteiger partial charge in [-0.15, -0.1) is 0 Å². The zero-order valence-corrected chi connectivity index (χ0v) is 15.6. The molecule has 0 aromatic heterocycles. The van der Waals surface area contributed by atoms with E-state index in [-0.39, 0.29) is 17.7 Å². The molecule has 0 unspecified atom stereocenters. The van der Waals surface area contributed by atoms with Crippen molar-refractivity contribution < 1.29 is 19.1 Å². The number of thioether (sulfide) groups is 1. The number of nitrogens with zero attached hydrogens (tertiary/aromatic N) is 2. The molecule has 2 amide bonds. The van der Waals surface area contributed by atoms with Crippen molar-refractivity contribution in [3.63, 3.8) is 0 Å². The van der Waals surface area contributed by atoms with Crippen LogP contribution in [-0.2, 0) is 17.8 Å². The van der Waals surface area contributed by atoms with Gasteiger partial charge >= 0.3 is 0 Å². The van der Waals surface area contributed by atoms with Crippen LogP contribution in [0.1, 0.15) is 25.0 Å². The van der Waals surface area contributed by atoms with Crippen LogP contribution in [0.15, 0.2) is 12.1 Å². The molecular weight excluding hydrogens is 340 g/mol. The molecule has 0 N–H and O–H groups in total. The van der Waals surface area contributed by atoms with E-state index in [9.17, 15) is 9.59 Å². The number of hydrogen-bond donors (Lipinski definition) is 0. The third kappa shape index (κ3) is 4.03. The molecule has 1 saturated heterocycles. The summed E-state index contributed by atoms with van der Waals surface area (Å²) < 4.78 is 11.4. The van der Waals surface area contributed by atoms with E-state index >= 15 is 0 Å². The van der Waals surface area contributed by atoms with Crippen LogP contribution >= 0.6 is 11.8 Å². The predicted octanol–water partition coefficient (Wildman–Crippen LogP) is 2.54. The molecule has 2 heterocycles. The SMILES string of the molecule is CCOc1cc2c(cc1OCC)CN(C(=O)CN1CCSC1=O)CC2. The van der Waals surface area contributed by atoms with Gasteiger partial charge in [-0.3, -0.25) is 9.59 Å². The van der Waals surface area contributed by atoms with Crippen LogP contribution in [0.2, 0.25) is 0 Å². The van der Waals surface area contributed by atoms with E-state index in [1.807, 2.05) is 30.9 Å². The smallest absolute Gasteiger partial charge is 0.282 e. The number of amides is 2. The average Bonchev–Trinajstić information content (AvgIpc) is 3.00. The van der Waals surface area contributed by atoms with Crippen LogP contribution in [0.5, 0.6) is 11.5 Å². The summed E-state index contributed by atoms with van der Waals surface area (Å²) >= 11 is 1.28. The maximum atomic E-state index is 12.6. The molecule has 0 aliphatic carbocycles. The van der Waals surface area contributed by atoms with Crippen LogP contribution in [0.25, 0.3) is 0 Å². The quantitative estimate of drug-likeness (QED) is 0.776. The van der Waals surface area contributed by atoms with Crippen LogP contribution in [0, 0.1) is 0 Å². The molecule has 1 aromatic carbocycles. The van der Waals surface area contributed by atoms with Gasteiger partial charge in [0.25, 0.3) is 5.24 Å². The van der Waals surface area contributed by atoms with E-state index in [2.05, 4.69) is 0 Å². The molecule has 0 atom stereocenters. The summed E-state index contributed by atoms with van der Waals surface area (Å²) in [4.78, 5) is 27.7. The van der Waals surface area contributed by atoms with Crippen LogP contribution < -0.4 is 9.47 Å². The van der Waals surface area contributed by atoms with E-state index in [4.69, 9.17) is 9.47 Å². The lowest BCUT2D eigenvalue weighted by atomic mass is 9.98. The largest absolute Gasteiger partial charge is 0.490 e. The summed E-state index contributed by atoms with van der Waals surface area (Å²) in [7, 11) is 0. The van der Waals surface area contributed by atoms with Crippen LogP contribution in [0.4, 0.5) is 4.79 Å². The number of ether oxygens (including phenoxy) is 2. The second-order valence-electron chi connectivity index (χ2n) is 6.03. The van der Waals surface area contributed by atoms with Crippen LogP contribution in [0.3, 0.4) is 0 Å². The Morgan fingerprint density at radius 2 is 1.80 bits per heavy atom. The maximum Gasteiger partial charge on any atom is 0.282 e. The first-order chi connectivity index (χ1) is 12.1. The van der Waals surface area contributed by atoms with E-state index < -0.39 is 0 Å². The van der Waals surface area contributed by atoms with Crippen molar-refractivity contribution in [2.24, 2.45) is 0 Å². The highest BCUT2D eigenvalue weighted by atomic mass is 32.2. The average molecular weight is 364 g/mol. The van der Waals surface area contributed by atoms with E-state index in [1.54, 1.807) is 4.90 Å². The minimum absolute atomic E-state index is 0.00532. The van der Waals surface area contributed by atoms with Gasteiger partial charge in [0, 0.05) is 25.4 Å². The molecule has 6 nitrogen and oxygen atoms in total. The molecule has 3 rings (SSSR count). The van der Waals surface area contributed by atoms with E-state index in [0.717, 1.165) is 29.2 Å². The molecule has 25 heavy (non-hydrogen) atoms. The van der Waals surface area contributed by atoms with Crippen molar-refractivity contribution in [1.29, 1.82) is 0 Å². The van der Waals surface area contributed by atoms with Gasteiger partial charge < -0.3 is 19.3 Å². The van der Waals surface area contributed by atoms with Crippen molar-refractivity contribution in [1.82, 2.24) is 9.80 Å². The van der Waals surface area contributed by atoms with Crippen molar-refractivity contribution in [2.75, 3.05) is 38.6 Å². The minimum atomic E-state index is 0.00532. The van der Waals surface area contributed by atoms with Crippen molar-refractivity contribution >= 4 is 22.9 Å². The number of rotatable bonds is 6. The fourth-order valence-electron chi connectivity index (χ4n) is 3.15. The van der Waals surface area contributed by atoms with E-state index in [1.165, 1.54) is 17.3 Å². The second-order valence-corrected chi connectivity index (χ2v) is 7.08. The maximum absolute atomic E-state index is 12.6. The summed E-state index contributed by atoms with van der Waals surface area (Å²) in [5, 5.41) is 0.00532. The fourth-order valence-corrected chi connectivity index (χ4v) is 3.97. The molecule has 0 bridgehead atoms. The summed E-state index contributed by atoms with van der Waals surface area (Å²) in [5.74, 6) is 2.27. The minimum Gasteiger partial charge on any atom is -0.490 e. The van der Waals surface area contributed by atoms with E-state index in [0.29, 0.717) is 32.8 Å². The van der Waals surface area contributed by atoms with Gasteiger partial charge in [0.05, 0.1) is 13.2 Å². The number of carbonyl (C=O) groups is 2. The first-order valence-corrected chi connectivity index (χ1v) is 9.71. The number of carbonyl (C=O) groups excluding carboxylic acids is 2. The molecule has 1 fully saturated rings. The molecule has 0 radical (unpaired) electrons. The molecule has 136 valence electrons. The predicted molar refractivity (Wildman–Crippen MR) is 97.3 cm³/mol. The number of fused-ring (bicyclic) bond motifs is 1. The Morgan fingerprint density at radius 1 is 1.12 bits per heavy atom. The highest BCUT2D eigenvalue weighted by molar-refractivity contribution is 8.13. The van der Waals surface area contributed by atoms with Gasteiger partial charge in [0.1, 0.15) is 6.54 Å². The highest BCUT2D eigenvalue weighted by Gasteiger charge is 2.28. The van der Waals surface area contributed by atoms with Crippen LogP contribution in [-0.4, -0.2) is 59.5 Å². The lowest BCUT2D eigenvalue weighted by molar-refractivity contribution is -0.132. The van der Waals surface area contributed by atoms with Gasteiger partial charge in [-0.1, -0.05) is 11.8 Å². The molecular formula is C18H24N2O4S. The topological polar surface area (TPSA) is 59.1 Å². The Labute approximate surface area is 152 Å². The lowest BCUT2D eigenvalue weighted by Gasteiger charge is -2.31. The van der Waals surface area contributed by atoms with Gasteiger partial charge in [0.15, 0.2) is 11.5 Å². The Balaban J connectivity index is 1.72. The van der Waals surface area contributed by atoms with Crippen molar-refractivity contribution in [3.05, 3.63) is 23.3 Å². The second kappa shape index (κ2) is 7.99. The Morgan fingerprint density at radius 3 is 2.40 bits per heavy atom. The normalized spacial score (nSPS) is 16.8. The summed E-state index contributed by atoms with van der Waals surface area (Å²) in [6, 6.07) is 4.02. The first-order valence-electron chi connectivity index (χ1n) is 8.73. The molecule has 2 aliphatic rings. The summed E-state index contributed by atoms with van der Waals surface area (Å²) in [5.41, 5.74) is 2.29. The molecule has 7 heteroatoms. The van der Waals surface area contributed by atoms with Crippen molar-refractivity contribution in [2.45, 2.75) is 26.8 Å². The standard InChI is InChI=1S/C18H24N2O4S/c1-3-23-15-9-13-5-6-19(11-14(13)10-16(15)24-4-2)17(21)12-20-7-8-25-18(20)22/h9-10H,3-8,11-12H2,1-2H3. The highest BCUT2D eigenvalue weighted by Crippen LogP contribution is 2.34. The fraction of sp³-hybridized carbons (Fsp3) is 0.556. The van der Waals surface area contributed by atoms with Crippen molar-refractivity contribution in [3.8, 4) is 11.5 Å². The third-order valence-electron chi connectivity index (χ3n) is 4.40. The third-order valence-corrected chi connectivity index (χ3v) is 5.29. The number of benzene rings is 1. The zero-order chi connectivity index (χ0) is 17.8. The zero-order valence-electron chi connectivity index (χ0n) is 14.7. The molecule has 1 aromatic rings. The Hall–Kier alpha value is -1.89. The molecule has 0 saturated carbocycles. The van der Waals surface area contributed by atoms with Gasteiger partial charge in [0.2, 0.25) is 5.91 Å². The molecule has 2 aliphatic heterocycles. The monoisotopic (exact) mass is 364 g/mol. The summed E-state index contributed by atoms with van der Waals surface area (Å²) in [6.45, 7) is 7.10. The molecule has 0 spiro atoms. The van der Waals surface area contributed by atoms with Gasteiger partial charge in [-0.2, -0.15) is 0 Å². The summed E-state index contributed by atoms with van der Waals surface area (Å²) in [6.07, 6.45) is 0.788.